The molecule has 21 heavy (non-hydrogen) atoms. The maximum absolute atomic E-state index is 9.70. The summed E-state index contributed by atoms with van der Waals surface area (Å²) in [6.07, 6.45) is 0.811. The van der Waals surface area contributed by atoms with Gasteiger partial charge in [0.15, 0.2) is 0 Å². The SMILES string of the molecule is COc1ccc(C#CCN)cc1CN1CCC(C(C)O)C1. The smallest absolute Gasteiger partial charge is 0.123 e. The molecule has 0 radical (unpaired) electrons. The number of hydrogen-bond acceptors (Lipinski definition) is 4. The molecule has 0 saturated carbocycles. The molecule has 1 aromatic carbocycles. The van der Waals surface area contributed by atoms with Crippen molar-refractivity contribution in [3.63, 3.8) is 0 Å². The van der Waals surface area contributed by atoms with E-state index in [0.29, 0.717) is 12.5 Å². The largest absolute Gasteiger partial charge is 0.496 e. The monoisotopic (exact) mass is 288 g/mol. The zero-order chi connectivity index (χ0) is 15.2. The number of hydrogen-bond donors (Lipinski definition) is 2. The van der Waals surface area contributed by atoms with Gasteiger partial charge in [0.2, 0.25) is 0 Å². The van der Waals surface area contributed by atoms with Crippen LogP contribution in [0, 0.1) is 17.8 Å². The molecule has 1 aromatic rings. The number of aliphatic hydroxyl groups is 1. The molecule has 2 atom stereocenters. The first-order valence-electron chi connectivity index (χ1n) is 7.40. The van der Waals surface area contributed by atoms with Crippen LogP contribution >= 0.6 is 0 Å². The van der Waals surface area contributed by atoms with E-state index in [-0.39, 0.29) is 6.10 Å². The first kappa shape index (κ1) is 15.8. The van der Waals surface area contributed by atoms with Gasteiger partial charge in [-0.15, -0.1) is 0 Å². The second-order valence-corrected chi connectivity index (χ2v) is 5.56. The lowest BCUT2D eigenvalue weighted by Gasteiger charge is -2.19. The van der Waals surface area contributed by atoms with Gasteiger partial charge in [-0.05, 0) is 44.0 Å². The van der Waals surface area contributed by atoms with Crippen molar-refractivity contribution in [2.45, 2.75) is 26.0 Å². The topological polar surface area (TPSA) is 58.7 Å². The maximum Gasteiger partial charge on any atom is 0.123 e. The van der Waals surface area contributed by atoms with Gasteiger partial charge in [0.05, 0.1) is 19.8 Å². The minimum atomic E-state index is -0.237. The number of benzene rings is 1. The Balaban J connectivity index is 2.11. The highest BCUT2D eigenvalue weighted by molar-refractivity contribution is 5.44. The summed E-state index contributed by atoms with van der Waals surface area (Å²) in [6.45, 7) is 5.00. The number of nitrogens with zero attached hydrogens (tertiary/aromatic N) is 1. The lowest BCUT2D eigenvalue weighted by molar-refractivity contribution is 0.127. The summed E-state index contributed by atoms with van der Waals surface area (Å²) >= 11 is 0. The molecular weight excluding hydrogens is 264 g/mol. The van der Waals surface area contributed by atoms with Crippen molar-refractivity contribution in [2.24, 2.45) is 11.7 Å². The van der Waals surface area contributed by atoms with Gasteiger partial charge in [-0.2, -0.15) is 0 Å². The molecule has 1 aliphatic rings. The van der Waals surface area contributed by atoms with Gasteiger partial charge in [0, 0.05) is 24.2 Å². The van der Waals surface area contributed by atoms with Gasteiger partial charge in [-0.3, -0.25) is 4.90 Å². The summed E-state index contributed by atoms with van der Waals surface area (Å²) in [5, 5.41) is 9.70. The Morgan fingerprint density at radius 1 is 1.52 bits per heavy atom. The van der Waals surface area contributed by atoms with Crippen molar-refractivity contribution in [1.29, 1.82) is 0 Å². The zero-order valence-electron chi connectivity index (χ0n) is 12.8. The third-order valence-electron chi connectivity index (χ3n) is 4.00. The molecule has 3 N–H and O–H groups in total. The van der Waals surface area contributed by atoms with Gasteiger partial charge < -0.3 is 15.6 Å². The van der Waals surface area contributed by atoms with E-state index in [1.54, 1.807) is 7.11 Å². The summed E-state index contributed by atoms with van der Waals surface area (Å²) in [5.74, 6) is 7.19. The van der Waals surface area contributed by atoms with Crippen LogP contribution in [0.2, 0.25) is 0 Å². The third kappa shape index (κ3) is 4.21. The minimum absolute atomic E-state index is 0.237. The zero-order valence-corrected chi connectivity index (χ0v) is 12.8. The molecule has 0 aromatic heterocycles. The van der Waals surface area contributed by atoms with Crippen LogP contribution in [0.3, 0.4) is 0 Å². The average Bonchev–Trinajstić information content (AvgIpc) is 2.94. The highest BCUT2D eigenvalue weighted by Gasteiger charge is 2.26. The Morgan fingerprint density at radius 2 is 2.33 bits per heavy atom. The molecule has 0 aliphatic carbocycles. The van der Waals surface area contributed by atoms with Crippen LogP contribution in [-0.2, 0) is 6.54 Å². The van der Waals surface area contributed by atoms with E-state index >= 15 is 0 Å². The Kier molecular flexibility index (Phi) is 5.63. The number of ether oxygens (including phenoxy) is 1. The van der Waals surface area contributed by atoms with E-state index in [1.165, 1.54) is 0 Å². The van der Waals surface area contributed by atoms with E-state index in [4.69, 9.17) is 10.5 Å². The Bertz CT molecular complexity index is 531. The molecule has 1 aliphatic heterocycles. The van der Waals surface area contributed by atoms with Crippen LogP contribution in [-0.4, -0.2) is 42.9 Å². The van der Waals surface area contributed by atoms with Gasteiger partial charge in [-0.1, -0.05) is 11.8 Å². The highest BCUT2D eigenvalue weighted by Crippen LogP contribution is 2.26. The normalized spacial score (nSPS) is 19.9. The van der Waals surface area contributed by atoms with Crippen molar-refractivity contribution in [1.82, 2.24) is 4.90 Å². The number of aliphatic hydroxyl groups excluding tert-OH is 1. The molecule has 1 saturated heterocycles. The predicted octanol–water partition coefficient (Wildman–Crippen LogP) is 1.21. The number of rotatable bonds is 4. The van der Waals surface area contributed by atoms with Crippen LogP contribution in [0.5, 0.6) is 5.75 Å². The standard InChI is InChI=1S/C17H24N2O2/c1-13(20)15-7-9-19(11-15)12-16-10-14(4-3-8-18)5-6-17(16)21-2/h5-6,10,13,15,20H,7-9,11-12,18H2,1-2H3. The molecule has 2 unspecified atom stereocenters. The van der Waals surface area contributed by atoms with Crippen LogP contribution in [0.25, 0.3) is 0 Å². The molecule has 0 spiro atoms. The van der Waals surface area contributed by atoms with E-state index < -0.39 is 0 Å². The molecule has 0 amide bonds. The Labute approximate surface area is 126 Å². The molecule has 1 fully saturated rings. The van der Waals surface area contributed by atoms with Gasteiger partial charge in [0.25, 0.3) is 0 Å². The first-order valence-corrected chi connectivity index (χ1v) is 7.40. The van der Waals surface area contributed by atoms with Gasteiger partial charge in [0.1, 0.15) is 5.75 Å². The molecule has 4 heteroatoms. The van der Waals surface area contributed by atoms with Crippen LogP contribution in [0.1, 0.15) is 24.5 Å². The summed E-state index contributed by atoms with van der Waals surface area (Å²) < 4.78 is 5.44. The Morgan fingerprint density at radius 3 is 2.95 bits per heavy atom. The quantitative estimate of drug-likeness (QED) is 0.818. The number of methoxy groups -OCH3 is 1. The maximum atomic E-state index is 9.70. The van der Waals surface area contributed by atoms with Gasteiger partial charge in [-0.25, -0.2) is 0 Å². The highest BCUT2D eigenvalue weighted by atomic mass is 16.5. The molecular formula is C17H24N2O2. The van der Waals surface area contributed by atoms with E-state index in [0.717, 1.165) is 42.9 Å². The Hall–Kier alpha value is -1.54. The lowest BCUT2D eigenvalue weighted by Crippen LogP contribution is -2.24. The molecule has 0 bridgehead atoms. The summed E-state index contributed by atoms with van der Waals surface area (Å²) in [5.41, 5.74) is 7.51. The number of likely N-dealkylation sites (tertiary alicyclic amines) is 1. The molecule has 1 heterocycles. The third-order valence-corrected chi connectivity index (χ3v) is 4.00. The molecule has 2 rings (SSSR count). The van der Waals surface area contributed by atoms with E-state index in [2.05, 4.69) is 22.8 Å². The predicted molar refractivity (Wildman–Crippen MR) is 84.0 cm³/mol. The second kappa shape index (κ2) is 7.46. The van der Waals surface area contributed by atoms with Crippen LogP contribution < -0.4 is 10.5 Å². The van der Waals surface area contributed by atoms with Crippen LogP contribution in [0.15, 0.2) is 18.2 Å². The van der Waals surface area contributed by atoms with Gasteiger partial charge >= 0.3 is 0 Å². The minimum Gasteiger partial charge on any atom is -0.496 e. The van der Waals surface area contributed by atoms with Crippen LogP contribution in [0.4, 0.5) is 0 Å². The number of nitrogens with two attached hydrogens (primary N) is 1. The van der Waals surface area contributed by atoms with Crippen molar-refractivity contribution in [3.05, 3.63) is 29.3 Å². The fraction of sp³-hybridized carbons (Fsp3) is 0.529. The second-order valence-electron chi connectivity index (χ2n) is 5.56. The van der Waals surface area contributed by atoms with E-state index in [9.17, 15) is 5.11 Å². The summed E-state index contributed by atoms with van der Waals surface area (Å²) in [7, 11) is 1.69. The van der Waals surface area contributed by atoms with Crippen molar-refractivity contribution >= 4 is 0 Å². The van der Waals surface area contributed by atoms with E-state index in [1.807, 2.05) is 19.1 Å². The fourth-order valence-corrected chi connectivity index (χ4v) is 2.77. The summed E-state index contributed by atoms with van der Waals surface area (Å²) in [6, 6.07) is 5.98. The molecule has 114 valence electrons. The van der Waals surface area contributed by atoms with Crippen molar-refractivity contribution < 1.29 is 9.84 Å². The average molecular weight is 288 g/mol. The first-order chi connectivity index (χ1) is 10.1. The van der Waals surface area contributed by atoms with Crippen molar-refractivity contribution in [3.8, 4) is 17.6 Å². The summed E-state index contributed by atoms with van der Waals surface area (Å²) in [4.78, 5) is 2.36. The molecule has 4 nitrogen and oxygen atoms in total. The van der Waals surface area contributed by atoms with Crippen molar-refractivity contribution in [2.75, 3.05) is 26.7 Å². The fourth-order valence-electron chi connectivity index (χ4n) is 2.77. The lowest BCUT2D eigenvalue weighted by atomic mass is 10.0.